The Kier molecular flexibility index (Phi) is 6.27. The Balaban J connectivity index is 2.57. The van der Waals surface area contributed by atoms with Gasteiger partial charge in [0.05, 0.1) is 17.9 Å². The van der Waals surface area contributed by atoms with E-state index in [2.05, 4.69) is 9.73 Å². The molecule has 0 saturated carbocycles. The highest BCUT2D eigenvalue weighted by Gasteiger charge is 2.21. The summed E-state index contributed by atoms with van der Waals surface area (Å²) in [5.41, 5.74) is -1.97. The molecular formula is C18H12F5NO3. The SMILES string of the molecule is CCOC(=O)/C(C=Nc1ccc(F)cc1F)=C(\O)c1cc(F)c(F)cc1F. The Morgan fingerprint density at radius 3 is 2.33 bits per heavy atom. The predicted octanol–water partition coefficient (Wildman–Crippen LogP) is 4.62. The zero-order valence-corrected chi connectivity index (χ0v) is 13.8. The number of carbonyl (C=O) groups excluding carboxylic acids is 1. The molecule has 2 rings (SSSR count). The summed E-state index contributed by atoms with van der Waals surface area (Å²) in [6.07, 6.45) is 0.643. The minimum Gasteiger partial charge on any atom is -0.506 e. The first-order valence-corrected chi connectivity index (χ1v) is 7.49. The van der Waals surface area contributed by atoms with E-state index in [1.54, 1.807) is 0 Å². The number of esters is 1. The van der Waals surface area contributed by atoms with Crippen LogP contribution in [0.3, 0.4) is 0 Å². The van der Waals surface area contributed by atoms with Gasteiger partial charge in [-0.25, -0.2) is 26.7 Å². The molecule has 0 atom stereocenters. The monoisotopic (exact) mass is 385 g/mol. The molecule has 0 unspecified atom stereocenters. The number of halogens is 5. The Morgan fingerprint density at radius 2 is 1.70 bits per heavy atom. The maximum absolute atomic E-state index is 13.9. The molecule has 2 aromatic carbocycles. The van der Waals surface area contributed by atoms with Crippen LogP contribution in [-0.2, 0) is 9.53 Å². The van der Waals surface area contributed by atoms with Crippen molar-refractivity contribution in [1.29, 1.82) is 0 Å². The number of hydrogen-bond acceptors (Lipinski definition) is 4. The molecule has 4 nitrogen and oxygen atoms in total. The van der Waals surface area contributed by atoms with E-state index in [9.17, 15) is 31.9 Å². The van der Waals surface area contributed by atoms with Crippen molar-refractivity contribution in [2.45, 2.75) is 6.92 Å². The fourth-order valence-electron chi connectivity index (χ4n) is 1.99. The number of rotatable bonds is 5. The summed E-state index contributed by atoms with van der Waals surface area (Å²) in [6, 6.07) is 2.92. The molecule has 0 bridgehead atoms. The van der Waals surface area contributed by atoms with Gasteiger partial charge in [-0.15, -0.1) is 0 Å². The Morgan fingerprint density at radius 1 is 1.04 bits per heavy atom. The predicted molar refractivity (Wildman–Crippen MR) is 87.0 cm³/mol. The second-order valence-corrected chi connectivity index (χ2v) is 5.08. The number of benzene rings is 2. The summed E-state index contributed by atoms with van der Waals surface area (Å²) in [4.78, 5) is 15.6. The summed E-state index contributed by atoms with van der Waals surface area (Å²) >= 11 is 0. The van der Waals surface area contributed by atoms with Gasteiger partial charge in [-0.1, -0.05) is 0 Å². The van der Waals surface area contributed by atoms with Crippen molar-refractivity contribution in [1.82, 2.24) is 0 Å². The van der Waals surface area contributed by atoms with Crippen LogP contribution in [0.1, 0.15) is 12.5 Å². The zero-order chi connectivity index (χ0) is 20.1. The van der Waals surface area contributed by atoms with E-state index in [1.807, 2.05) is 0 Å². The maximum Gasteiger partial charge on any atom is 0.343 e. The normalized spacial score (nSPS) is 12.2. The van der Waals surface area contributed by atoms with Crippen LogP contribution in [0.5, 0.6) is 0 Å². The van der Waals surface area contributed by atoms with Gasteiger partial charge in [-0.2, -0.15) is 0 Å². The number of nitrogens with zero attached hydrogens (tertiary/aromatic N) is 1. The standard InChI is InChI=1S/C18H12F5NO3/c1-2-27-18(26)11(8-24-16-4-3-9(19)5-15(16)23)17(25)10-6-13(21)14(22)7-12(10)20/h3-8,25H,2H2,1H3/b17-11-,24-8?. The van der Waals surface area contributed by atoms with Crippen molar-refractivity contribution < 1.29 is 36.6 Å². The molecule has 9 heteroatoms. The van der Waals surface area contributed by atoms with Crippen LogP contribution in [-0.4, -0.2) is 23.9 Å². The number of aliphatic hydroxyl groups is 1. The first kappa shape index (κ1) is 20.1. The summed E-state index contributed by atoms with van der Waals surface area (Å²) in [6.45, 7) is 1.32. The van der Waals surface area contributed by atoms with Crippen LogP contribution >= 0.6 is 0 Å². The van der Waals surface area contributed by atoms with Crippen LogP contribution in [0.25, 0.3) is 5.76 Å². The summed E-state index contributed by atoms with van der Waals surface area (Å²) in [5.74, 6) is -8.52. The van der Waals surface area contributed by atoms with Gasteiger partial charge in [0.2, 0.25) is 0 Å². The van der Waals surface area contributed by atoms with Gasteiger partial charge in [-0.05, 0) is 25.1 Å². The lowest BCUT2D eigenvalue weighted by Gasteiger charge is -2.08. The van der Waals surface area contributed by atoms with Gasteiger partial charge in [0, 0.05) is 18.3 Å². The lowest BCUT2D eigenvalue weighted by Crippen LogP contribution is -2.12. The van der Waals surface area contributed by atoms with Crippen molar-refractivity contribution in [2.75, 3.05) is 6.61 Å². The first-order valence-electron chi connectivity index (χ1n) is 7.49. The van der Waals surface area contributed by atoms with E-state index in [-0.39, 0.29) is 12.7 Å². The van der Waals surface area contributed by atoms with Gasteiger partial charge in [-0.3, -0.25) is 4.99 Å². The second kappa shape index (κ2) is 8.43. The topological polar surface area (TPSA) is 58.9 Å². The number of carbonyl (C=O) groups is 1. The van der Waals surface area contributed by atoms with Crippen LogP contribution in [0.4, 0.5) is 27.6 Å². The molecule has 1 N–H and O–H groups in total. The summed E-state index contributed by atoms with van der Waals surface area (Å²) in [5, 5.41) is 10.2. The third-order valence-electron chi connectivity index (χ3n) is 3.26. The van der Waals surface area contributed by atoms with Crippen LogP contribution in [0.2, 0.25) is 0 Å². The number of hydrogen-bond donors (Lipinski definition) is 1. The summed E-state index contributed by atoms with van der Waals surface area (Å²) < 4.78 is 71.5. The molecule has 27 heavy (non-hydrogen) atoms. The fraction of sp³-hybridized carbons (Fsp3) is 0.111. The van der Waals surface area contributed by atoms with Gasteiger partial charge < -0.3 is 9.84 Å². The number of aliphatic imine (C=N–C) groups is 1. The lowest BCUT2D eigenvalue weighted by molar-refractivity contribution is -0.137. The molecule has 0 fully saturated rings. The molecule has 0 amide bonds. The van der Waals surface area contributed by atoms with Gasteiger partial charge in [0.1, 0.15) is 23.0 Å². The van der Waals surface area contributed by atoms with E-state index in [1.165, 1.54) is 6.92 Å². The Bertz CT molecular complexity index is 941. The molecule has 0 radical (unpaired) electrons. The Labute approximate surface area is 150 Å². The zero-order valence-electron chi connectivity index (χ0n) is 13.8. The van der Waals surface area contributed by atoms with E-state index >= 15 is 0 Å². The molecule has 0 spiro atoms. The van der Waals surface area contributed by atoms with Crippen molar-refractivity contribution in [2.24, 2.45) is 4.99 Å². The third-order valence-corrected chi connectivity index (χ3v) is 3.26. The van der Waals surface area contributed by atoms with E-state index in [0.29, 0.717) is 18.3 Å². The molecular weight excluding hydrogens is 373 g/mol. The average Bonchev–Trinajstić information content (AvgIpc) is 2.60. The smallest absolute Gasteiger partial charge is 0.343 e. The minimum absolute atomic E-state index is 0.130. The highest BCUT2D eigenvalue weighted by molar-refractivity contribution is 6.15. The number of ether oxygens (including phenoxy) is 1. The van der Waals surface area contributed by atoms with Crippen LogP contribution in [0.15, 0.2) is 40.9 Å². The van der Waals surface area contributed by atoms with E-state index in [4.69, 9.17) is 0 Å². The largest absolute Gasteiger partial charge is 0.506 e. The molecule has 142 valence electrons. The van der Waals surface area contributed by atoms with Gasteiger partial charge >= 0.3 is 5.97 Å². The summed E-state index contributed by atoms with van der Waals surface area (Å²) in [7, 11) is 0. The molecule has 0 aromatic heterocycles. The van der Waals surface area contributed by atoms with Gasteiger partial charge in [0.15, 0.2) is 17.5 Å². The van der Waals surface area contributed by atoms with Crippen molar-refractivity contribution in [3.8, 4) is 0 Å². The fourth-order valence-corrected chi connectivity index (χ4v) is 1.99. The van der Waals surface area contributed by atoms with Crippen molar-refractivity contribution in [3.63, 3.8) is 0 Å². The Hall–Kier alpha value is -3.23. The van der Waals surface area contributed by atoms with E-state index < -0.39 is 57.6 Å². The highest BCUT2D eigenvalue weighted by Crippen LogP contribution is 2.24. The maximum atomic E-state index is 13.9. The van der Waals surface area contributed by atoms with E-state index in [0.717, 1.165) is 12.1 Å². The molecule has 0 saturated heterocycles. The number of aliphatic hydroxyl groups excluding tert-OH is 1. The van der Waals surface area contributed by atoms with Crippen molar-refractivity contribution in [3.05, 3.63) is 70.6 Å². The molecule has 0 heterocycles. The van der Waals surface area contributed by atoms with Crippen molar-refractivity contribution >= 4 is 23.6 Å². The van der Waals surface area contributed by atoms with Crippen LogP contribution < -0.4 is 0 Å². The quantitative estimate of drug-likeness (QED) is 0.204. The first-order chi connectivity index (χ1) is 12.7. The molecule has 2 aromatic rings. The van der Waals surface area contributed by atoms with Crippen LogP contribution in [0, 0.1) is 29.1 Å². The lowest BCUT2D eigenvalue weighted by atomic mass is 10.1. The molecule has 0 aliphatic carbocycles. The molecule has 0 aliphatic rings. The van der Waals surface area contributed by atoms with Gasteiger partial charge in [0.25, 0.3) is 0 Å². The third kappa shape index (κ3) is 4.69. The minimum atomic E-state index is -1.50. The second-order valence-electron chi connectivity index (χ2n) is 5.08. The average molecular weight is 385 g/mol. The molecule has 0 aliphatic heterocycles. The highest BCUT2D eigenvalue weighted by atomic mass is 19.2.